The second kappa shape index (κ2) is 12.8. The Hall–Kier alpha value is -2.88. The molecule has 0 aliphatic heterocycles. The highest BCUT2D eigenvalue weighted by molar-refractivity contribution is 7.69. The number of methoxy groups -OCH3 is 3. The number of nitrogens with zero attached hydrogens (tertiary/aromatic N) is 2. The average Bonchev–Trinajstić information content (AvgIpc) is 3.14. The van der Waals surface area contributed by atoms with Crippen LogP contribution >= 0.6 is 0 Å². The summed E-state index contributed by atoms with van der Waals surface area (Å²) in [4.78, 5) is 0. The van der Waals surface area contributed by atoms with Gasteiger partial charge in [-0.1, -0.05) is 24.3 Å². The molecule has 8 nitrogen and oxygen atoms in total. The number of nitrogens with two attached hydrogens (primary N) is 1. The van der Waals surface area contributed by atoms with Crippen molar-refractivity contribution in [3.8, 4) is 11.5 Å². The maximum Gasteiger partial charge on any atom is 0.198 e. The molecular weight excluding hydrogens is 430 g/mol. The van der Waals surface area contributed by atoms with Crippen molar-refractivity contribution >= 4 is 10.9 Å². The van der Waals surface area contributed by atoms with Crippen LogP contribution in [0.2, 0.25) is 0 Å². The van der Waals surface area contributed by atoms with Gasteiger partial charge in [0.2, 0.25) is 0 Å². The third kappa shape index (κ3) is 8.33. The fraction of sp³-hybridized carbons (Fsp3) is 0.348. The highest BCUT2D eigenvalue weighted by Crippen LogP contribution is 2.21. The van der Waals surface area contributed by atoms with Crippen molar-refractivity contribution in [2.75, 3.05) is 21.3 Å². The van der Waals surface area contributed by atoms with Gasteiger partial charge in [-0.05, 0) is 47.9 Å². The predicted octanol–water partition coefficient (Wildman–Crippen LogP) is 2.59. The first-order valence-corrected chi connectivity index (χ1v) is 11.3. The van der Waals surface area contributed by atoms with Crippen LogP contribution in [0.15, 0.2) is 54.7 Å². The molecule has 0 unspecified atom stereocenters. The topological polar surface area (TPSA) is 106 Å². The van der Waals surface area contributed by atoms with Crippen molar-refractivity contribution in [3.05, 3.63) is 77.1 Å². The van der Waals surface area contributed by atoms with Gasteiger partial charge in [-0.2, -0.15) is 5.10 Å². The molecule has 0 saturated carbocycles. The maximum atomic E-state index is 8.81. The molecule has 0 bridgehead atoms. The summed E-state index contributed by atoms with van der Waals surface area (Å²) >= 11 is 0. The second-order valence-electron chi connectivity index (χ2n) is 7.20. The van der Waals surface area contributed by atoms with Crippen LogP contribution in [0, 0.1) is 0 Å². The summed E-state index contributed by atoms with van der Waals surface area (Å²) in [6, 6.07) is 16.4. The van der Waals surface area contributed by atoms with Gasteiger partial charge < -0.3 is 14.2 Å². The molecule has 0 saturated heterocycles. The maximum absolute atomic E-state index is 8.81. The summed E-state index contributed by atoms with van der Waals surface area (Å²) in [5.74, 6) is 1.73. The van der Waals surface area contributed by atoms with Crippen LogP contribution in [-0.4, -0.2) is 45.6 Å². The number of benzene rings is 2. The molecule has 0 radical (unpaired) electrons. The molecule has 3 aromatic rings. The number of hydrogen-bond donors (Lipinski definition) is 2. The molecule has 0 amide bonds. The highest BCUT2D eigenvalue weighted by atomic mass is 32.2. The fourth-order valence-corrected chi connectivity index (χ4v) is 3.13. The summed E-state index contributed by atoms with van der Waals surface area (Å²) in [7, 11) is 2.47. The first-order valence-electron chi connectivity index (χ1n) is 10.1. The molecule has 1 heterocycles. The van der Waals surface area contributed by atoms with Crippen LogP contribution in [0.4, 0.5) is 0 Å². The van der Waals surface area contributed by atoms with E-state index in [0.29, 0.717) is 0 Å². The van der Waals surface area contributed by atoms with E-state index in [9.17, 15) is 0 Å². The van der Waals surface area contributed by atoms with Crippen LogP contribution in [-0.2, 0) is 35.0 Å². The summed E-state index contributed by atoms with van der Waals surface area (Å²) in [5.41, 5.74) is 4.76. The molecule has 32 heavy (non-hydrogen) atoms. The van der Waals surface area contributed by atoms with Crippen molar-refractivity contribution in [2.45, 2.75) is 32.4 Å². The number of aromatic nitrogens is 2. The lowest BCUT2D eigenvalue weighted by Gasteiger charge is -2.08. The number of thiol groups is 1. The summed E-state index contributed by atoms with van der Waals surface area (Å²) in [6.45, 7) is 2.78. The highest BCUT2D eigenvalue weighted by Gasteiger charge is 2.13. The van der Waals surface area contributed by atoms with Gasteiger partial charge in [-0.3, -0.25) is 4.68 Å². The Labute approximate surface area is 191 Å². The molecule has 2 N–H and O–H groups in total. The largest absolute Gasteiger partial charge is 0.497 e. The first-order chi connectivity index (χ1) is 15.3. The van der Waals surface area contributed by atoms with Gasteiger partial charge in [0.1, 0.15) is 11.5 Å². The molecular formula is C23H31N3O5S. The quantitative estimate of drug-likeness (QED) is 0.475. The van der Waals surface area contributed by atoms with Gasteiger partial charge in [0.25, 0.3) is 0 Å². The Bertz CT molecular complexity index is 956. The minimum Gasteiger partial charge on any atom is -0.497 e. The van der Waals surface area contributed by atoms with Gasteiger partial charge in [0, 0.05) is 26.1 Å². The van der Waals surface area contributed by atoms with E-state index in [1.54, 1.807) is 21.3 Å². The molecule has 0 aliphatic rings. The zero-order valence-corrected chi connectivity index (χ0v) is 19.7. The summed E-state index contributed by atoms with van der Waals surface area (Å²) < 4.78 is 35.5. The van der Waals surface area contributed by atoms with Crippen molar-refractivity contribution in [1.82, 2.24) is 9.78 Å². The van der Waals surface area contributed by atoms with E-state index in [1.807, 2.05) is 35.9 Å². The Balaban J connectivity index is 0.000000837. The average molecular weight is 462 g/mol. The minimum atomic E-state index is -2.62. The van der Waals surface area contributed by atoms with Gasteiger partial charge in [0.05, 0.1) is 32.6 Å². The Morgan fingerprint density at radius 3 is 1.81 bits per heavy atom. The molecule has 0 fully saturated rings. The molecule has 2 aromatic carbocycles. The van der Waals surface area contributed by atoms with Crippen LogP contribution in [0.3, 0.4) is 0 Å². The van der Waals surface area contributed by atoms with Gasteiger partial charge in [0.15, 0.2) is 10.9 Å². The SMILES string of the molecule is COc1ccc(Cc2cn(C[C@@H](C)OC)nc2Cc2ccc(OC)cc2)cc1.N[SH](=O)=O. The monoisotopic (exact) mass is 461 g/mol. The normalized spacial score (nSPS) is 11.6. The van der Waals surface area contributed by atoms with Gasteiger partial charge in [-0.25, -0.2) is 13.6 Å². The smallest absolute Gasteiger partial charge is 0.198 e. The lowest BCUT2D eigenvalue weighted by Crippen LogP contribution is -2.15. The number of ether oxygens (including phenoxy) is 3. The van der Waals surface area contributed by atoms with E-state index in [2.05, 4.69) is 35.6 Å². The third-order valence-electron chi connectivity index (χ3n) is 4.86. The predicted molar refractivity (Wildman–Crippen MR) is 125 cm³/mol. The van der Waals surface area contributed by atoms with E-state index in [4.69, 9.17) is 27.7 Å². The van der Waals surface area contributed by atoms with Crippen molar-refractivity contribution in [3.63, 3.8) is 0 Å². The zero-order valence-electron chi connectivity index (χ0n) is 18.9. The lowest BCUT2D eigenvalue weighted by atomic mass is 10.0. The van der Waals surface area contributed by atoms with Crippen LogP contribution in [0.5, 0.6) is 11.5 Å². The van der Waals surface area contributed by atoms with E-state index in [-0.39, 0.29) is 6.10 Å². The first kappa shape index (κ1) is 25.4. The Morgan fingerprint density at radius 2 is 1.38 bits per heavy atom. The Morgan fingerprint density at radius 1 is 0.906 bits per heavy atom. The van der Waals surface area contributed by atoms with Crippen molar-refractivity contribution < 1.29 is 22.6 Å². The van der Waals surface area contributed by atoms with Crippen molar-refractivity contribution in [2.24, 2.45) is 5.14 Å². The summed E-state index contributed by atoms with van der Waals surface area (Å²) in [5, 5.41) is 8.91. The molecule has 1 atom stereocenters. The van der Waals surface area contributed by atoms with Gasteiger partial charge in [-0.15, -0.1) is 0 Å². The van der Waals surface area contributed by atoms with E-state index < -0.39 is 10.9 Å². The molecule has 9 heteroatoms. The molecule has 0 spiro atoms. The third-order valence-corrected chi connectivity index (χ3v) is 4.86. The number of rotatable bonds is 9. The standard InChI is InChI=1S/C23H28N2O3.H3NO2S/c1-17(26-2)15-25-16-20(13-18-5-9-21(27-3)10-6-18)23(24-25)14-19-7-11-22(28-4)12-8-19;1-4(2)3/h5-12,16-17H,13-15H2,1-4H3;4H,(H2,1,2,3)/t17-;/m1./s1. The summed E-state index contributed by atoms with van der Waals surface area (Å²) in [6.07, 6.45) is 3.86. The molecule has 3 rings (SSSR count). The van der Waals surface area contributed by atoms with E-state index in [1.165, 1.54) is 16.7 Å². The fourth-order valence-electron chi connectivity index (χ4n) is 3.13. The van der Waals surface area contributed by atoms with Crippen LogP contribution in [0.1, 0.15) is 29.3 Å². The van der Waals surface area contributed by atoms with Crippen molar-refractivity contribution in [1.29, 1.82) is 0 Å². The zero-order chi connectivity index (χ0) is 23.5. The van der Waals surface area contributed by atoms with Crippen LogP contribution in [0.25, 0.3) is 0 Å². The molecule has 1 aromatic heterocycles. The van der Waals surface area contributed by atoms with Gasteiger partial charge >= 0.3 is 0 Å². The lowest BCUT2D eigenvalue weighted by molar-refractivity contribution is 0.0997. The second-order valence-corrected chi connectivity index (χ2v) is 7.78. The Kier molecular flexibility index (Phi) is 10.2. The molecule has 174 valence electrons. The number of hydrogen-bond acceptors (Lipinski definition) is 6. The van der Waals surface area contributed by atoms with E-state index >= 15 is 0 Å². The van der Waals surface area contributed by atoms with Crippen LogP contribution < -0.4 is 14.6 Å². The minimum absolute atomic E-state index is 0.113. The molecule has 0 aliphatic carbocycles. The van der Waals surface area contributed by atoms with E-state index in [0.717, 1.165) is 36.6 Å².